The average molecular weight is 595 g/mol. The summed E-state index contributed by atoms with van der Waals surface area (Å²) in [4.78, 5) is 61.0. The number of benzene rings is 2. The number of aromatic nitrogens is 3. The summed E-state index contributed by atoms with van der Waals surface area (Å²) < 4.78 is 14.0. The summed E-state index contributed by atoms with van der Waals surface area (Å²) in [6.07, 6.45) is 2.24. The number of imide groups is 1. The summed E-state index contributed by atoms with van der Waals surface area (Å²) in [6.45, 7) is 1.46. The van der Waals surface area contributed by atoms with Gasteiger partial charge in [-0.15, -0.1) is 0 Å². The lowest BCUT2D eigenvalue weighted by molar-refractivity contribution is -0.226. The number of H-pyrrole nitrogens is 1. The quantitative estimate of drug-likeness (QED) is 0.352. The highest BCUT2D eigenvalue weighted by molar-refractivity contribution is 6.21. The minimum atomic E-state index is -0.700. The fourth-order valence-corrected chi connectivity index (χ4v) is 6.69. The van der Waals surface area contributed by atoms with Gasteiger partial charge in [-0.1, -0.05) is 30.3 Å². The number of aromatic amines is 1. The minimum Gasteiger partial charge on any atom is -0.351 e. The normalized spacial score (nSPS) is 22.2. The predicted octanol–water partition coefficient (Wildman–Crippen LogP) is 2.66. The average Bonchev–Trinajstić information content (AvgIpc) is 3.46. The van der Waals surface area contributed by atoms with Crippen molar-refractivity contribution >= 4 is 34.5 Å². The van der Waals surface area contributed by atoms with Crippen LogP contribution in [0.3, 0.4) is 0 Å². The highest BCUT2D eigenvalue weighted by Crippen LogP contribution is 2.47. The summed E-state index contributed by atoms with van der Waals surface area (Å²) in [5.41, 5.74) is 2.62. The lowest BCUT2D eigenvalue weighted by atomic mass is 10.1. The van der Waals surface area contributed by atoms with E-state index in [1.165, 1.54) is 4.90 Å². The first-order valence-corrected chi connectivity index (χ1v) is 14.8. The Balaban J connectivity index is 0.953. The van der Waals surface area contributed by atoms with Crippen LogP contribution >= 0.6 is 0 Å². The fourth-order valence-electron chi connectivity index (χ4n) is 6.69. The van der Waals surface area contributed by atoms with Crippen LogP contribution in [0.5, 0.6) is 0 Å². The zero-order valence-corrected chi connectivity index (χ0v) is 24.1. The third-order valence-electron chi connectivity index (χ3n) is 9.39. The molecule has 3 aliphatic heterocycles. The largest absolute Gasteiger partial charge is 0.351 e. The summed E-state index contributed by atoms with van der Waals surface area (Å²) in [5, 5.41) is 5.42. The smallest absolute Gasteiger partial charge is 0.270 e. The molecule has 4 aromatic rings. The lowest BCUT2D eigenvalue weighted by Crippen LogP contribution is -2.56. The first-order valence-electron chi connectivity index (χ1n) is 14.8. The summed E-state index contributed by atoms with van der Waals surface area (Å²) in [6, 6.07) is 15.8. The number of hydrogen-bond acceptors (Lipinski definition) is 7. The SMILES string of the molecule is CN(C(=O)c1cnn2c1CN(C(=O)c1cc3ccccc3[nH]1)CC2)C1([C@H]2OC[C@H](N3C(=O)c4ccccc4C3=O)CO2)CC1. The number of carbonyl (C=O) groups is 4. The predicted molar refractivity (Wildman–Crippen MR) is 156 cm³/mol. The molecule has 1 aliphatic carbocycles. The molecule has 1 N–H and O–H groups in total. The van der Waals surface area contributed by atoms with Crippen LogP contribution in [0, 0.1) is 0 Å². The van der Waals surface area contributed by atoms with Crippen LogP contribution < -0.4 is 0 Å². The molecule has 2 aromatic heterocycles. The highest BCUT2D eigenvalue weighted by atomic mass is 16.7. The molecule has 12 heteroatoms. The topological polar surface area (TPSA) is 130 Å². The van der Waals surface area contributed by atoms with Crippen molar-refractivity contribution in [3.63, 3.8) is 0 Å². The zero-order valence-electron chi connectivity index (χ0n) is 24.1. The second kappa shape index (κ2) is 9.86. The van der Waals surface area contributed by atoms with E-state index in [-0.39, 0.29) is 43.4 Å². The van der Waals surface area contributed by atoms with Gasteiger partial charge in [0.15, 0.2) is 6.29 Å². The molecule has 8 rings (SSSR count). The second-order valence-electron chi connectivity index (χ2n) is 11.9. The van der Waals surface area contributed by atoms with Crippen molar-refractivity contribution in [3.05, 3.63) is 88.9 Å². The lowest BCUT2D eigenvalue weighted by Gasteiger charge is -2.40. The minimum absolute atomic E-state index is 0.119. The van der Waals surface area contributed by atoms with Crippen molar-refractivity contribution in [3.8, 4) is 0 Å². The van der Waals surface area contributed by atoms with Crippen LogP contribution in [0.4, 0.5) is 0 Å². The number of nitrogens with zero attached hydrogens (tertiary/aromatic N) is 5. The maximum atomic E-state index is 13.9. The fraction of sp³-hybridized carbons (Fsp3) is 0.344. The van der Waals surface area contributed by atoms with Gasteiger partial charge in [0.2, 0.25) is 0 Å². The van der Waals surface area contributed by atoms with Gasteiger partial charge in [0.1, 0.15) is 5.69 Å². The number of para-hydroxylation sites is 1. The van der Waals surface area contributed by atoms with E-state index in [1.54, 1.807) is 52.0 Å². The second-order valence-corrected chi connectivity index (χ2v) is 11.9. The number of rotatable bonds is 5. The molecule has 4 aliphatic rings. The molecule has 5 heterocycles. The van der Waals surface area contributed by atoms with Gasteiger partial charge in [-0.2, -0.15) is 5.10 Å². The molecule has 0 radical (unpaired) electrons. The van der Waals surface area contributed by atoms with Crippen LogP contribution in [-0.4, -0.2) is 97.8 Å². The molecule has 0 unspecified atom stereocenters. The molecule has 44 heavy (non-hydrogen) atoms. The molecule has 4 amide bonds. The summed E-state index contributed by atoms with van der Waals surface area (Å²) >= 11 is 0. The molecule has 12 nitrogen and oxygen atoms in total. The number of fused-ring (bicyclic) bond motifs is 3. The van der Waals surface area contributed by atoms with Gasteiger partial charge in [-0.25, -0.2) is 0 Å². The van der Waals surface area contributed by atoms with Crippen molar-refractivity contribution in [1.82, 2.24) is 29.5 Å². The number of likely N-dealkylation sites (N-methyl/N-ethyl adjacent to an activating group) is 1. The van der Waals surface area contributed by atoms with Gasteiger partial charge in [-0.3, -0.25) is 28.8 Å². The number of hydrogen-bond donors (Lipinski definition) is 1. The van der Waals surface area contributed by atoms with E-state index < -0.39 is 17.9 Å². The summed E-state index contributed by atoms with van der Waals surface area (Å²) in [5.74, 6) is -1.05. The number of carbonyl (C=O) groups excluding carboxylic acids is 4. The molecule has 0 atom stereocenters. The zero-order chi connectivity index (χ0) is 30.2. The molecule has 1 saturated carbocycles. The van der Waals surface area contributed by atoms with Crippen LogP contribution in [0.1, 0.15) is 60.1 Å². The van der Waals surface area contributed by atoms with Gasteiger partial charge in [-0.05, 0) is 37.1 Å². The Bertz CT molecular complexity index is 1780. The summed E-state index contributed by atoms with van der Waals surface area (Å²) in [7, 11) is 1.73. The number of amides is 4. The maximum Gasteiger partial charge on any atom is 0.270 e. The Morgan fingerprint density at radius 1 is 0.977 bits per heavy atom. The third kappa shape index (κ3) is 4.01. The monoisotopic (exact) mass is 594 g/mol. The van der Waals surface area contributed by atoms with Gasteiger partial charge < -0.3 is 24.3 Å². The number of ether oxygens (including phenoxy) is 2. The Hall–Kier alpha value is -4.81. The molecule has 224 valence electrons. The van der Waals surface area contributed by atoms with E-state index >= 15 is 0 Å². The first kappa shape index (κ1) is 26.8. The van der Waals surface area contributed by atoms with Crippen LogP contribution in [0.25, 0.3) is 10.9 Å². The van der Waals surface area contributed by atoms with Gasteiger partial charge in [0, 0.05) is 24.5 Å². The van der Waals surface area contributed by atoms with Crippen molar-refractivity contribution in [2.75, 3.05) is 26.8 Å². The Morgan fingerprint density at radius 2 is 1.66 bits per heavy atom. The molecular formula is C32H30N6O6. The molecule has 2 aromatic carbocycles. The Labute approximate surface area is 252 Å². The molecule has 0 bridgehead atoms. The van der Waals surface area contributed by atoms with Crippen LogP contribution in [0.15, 0.2) is 60.8 Å². The molecule has 2 fully saturated rings. The Morgan fingerprint density at radius 3 is 2.34 bits per heavy atom. The van der Waals surface area contributed by atoms with Crippen molar-refractivity contribution in [1.29, 1.82) is 0 Å². The van der Waals surface area contributed by atoms with Crippen molar-refractivity contribution in [2.45, 2.75) is 43.8 Å². The van der Waals surface area contributed by atoms with Gasteiger partial charge in [0.05, 0.1) is 66.5 Å². The molecular weight excluding hydrogens is 564 g/mol. The van der Waals surface area contributed by atoms with Gasteiger partial charge >= 0.3 is 0 Å². The van der Waals surface area contributed by atoms with Crippen LogP contribution in [-0.2, 0) is 22.6 Å². The van der Waals surface area contributed by atoms with Crippen molar-refractivity contribution in [2.24, 2.45) is 0 Å². The van der Waals surface area contributed by atoms with Crippen molar-refractivity contribution < 1.29 is 28.7 Å². The highest BCUT2D eigenvalue weighted by Gasteiger charge is 2.58. The molecule has 0 spiro atoms. The third-order valence-corrected chi connectivity index (χ3v) is 9.39. The van der Waals surface area contributed by atoms with E-state index in [1.807, 2.05) is 30.3 Å². The van der Waals surface area contributed by atoms with E-state index in [0.717, 1.165) is 10.9 Å². The standard InChI is InChI=1S/C32H30N6O6/c1-35(32(10-11-32)31-43-17-20(18-44-31)38-28(40)21-7-3-4-8-22(21)29(38)41)27(39)23-15-33-37-13-12-36(16-26(23)37)30(42)25-14-19-6-2-5-9-24(19)34-25/h2-9,14-15,20,31,34H,10-13,16-18H2,1H3/t20-,31-. The Kier molecular flexibility index (Phi) is 6.00. The maximum absolute atomic E-state index is 13.9. The number of nitrogens with one attached hydrogen (secondary N) is 1. The van der Waals surface area contributed by atoms with Crippen LogP contribution in [0.2, 0.25) is 0 Å². The van der Waals surface area contributed by atoms with E-state index in [4.69, 9.17) is 9.47 Å². The van der Waals surface area contributed by atoms with E-state index in [2.05, 4.69) is 10.1 Å². The first-order chi connectivity index (χ1) is 21.4. The van der Waals surface area contributed by atoms with Gasteiger partial charge in [0.25, 0.3) is 23.6 Å². The molecule has 1 saturated heterocycles. The van der Waals surface area contributed by atoms with E-state index in [0.29, 0.717) is 54.0 Å². The van der Waals surface area contributed by atoms with E-state index in [9.17, 15) is 19.2 Å².